The first-order valence-corrected chi connectivity index (χ1v) is 6.65. The molecule has 3 N–H and O–H groups in total. The van der Waals surface area contributed by atoms with Crippen molar-refractivity contribution >= 4 is 11.9 Å². The third-order valence-corrected chi connectivity index (χ3v) is 3.45. The van der Waals surface area contributed by atoms with E-state index >= 15 is 0 Å². The number of nitrogens with one attached hydrogen (secondary N) is 1. The number of hydrogen-bond acceptors (Lipinski definition) is 4. The van der Waals surface area contributed by atoms with Gasteiger partial charge in [0.25, 0.3) is 0 Å². The maximum Gasteiger partial charge on any atom is 0.241 e. The van der Waals surface area contributed by atoms with E-state index < -0.39 is 0 Å². The molecule has 1 aromatic rings. The summed E-state index contributed by atoms with van der Waals surface area (Å²) in [6.45, 7) is 0.938. The first-order valence-electron chi connectivity index (χ1n) is 6.65. The Morgan fingerprint density at radius 3 is 2.94 bits per heavy atom. The molecule has 0 bridgehead atoms. The SMILES string of the molecule is Nc1ncn(CC(=O)NCCCC2CCCC2)n1. The molecule has 1 heterocycles. The highest BCUT2D eigenvalue weighted by Gasteiger charge is 2.14. The van der Waals surface area contributed by atoms with Crippen molar-refractivity contribution in [3.05, 3.63) is 6.33 Å². The van der Waals surface area contributed by atoms with Gasteiger partial charge in [-0.1, -0.05) is 25.7 Å². The van der Waals surface area contributed by atoms with Crippen LogP contribution in [0.4, 0.5) is 5.95 Å². The molecule has 18 heavy (non-hydrogen) atoms. The van der Waals surface area contributed by atoms with Crippen LogP contribution in [0.25, 0.3) is 0 Å². The minimum absolute atomic E-state index is 0.0358. The maximum atomic E-state index is 11.6. The Kier molecular flexibility index (Phi) is 4.55. The molecule has 1 saturated carbocycles. The molecule has 1 aliphatic rings. The second-order valence-corrected chi connectivity index (χ2v) is 4.94. The van der Waals surface area contributed by atoms with E-state index in [4.69, 9.17) is 5.73 Å². The molecular formula is C12H21N5O. The average Bonchev–Trinajstić information content (AvgIpc) is 2.96. The molecule has 1 fully saturated rings. The number of carbonyl (C=O) groups excluding carboxylic acids is 1. The predicted molar refractivity (Wildman–Crippen MR) is 68.6 cm³/mol. The van der Waals surface area contributed by atoms with Gasteiger partial charge in [-0.3, -0.25) is 4.79 Å². The topological polar surface area (TPSA) is 85.8 Å². The smallest absolute Gasteiger partial charge is 0.241 e. The van der Waals surface area contributed by atoms with E-state index in [2.05, 4.69) is 15.4 Å². The molecule has 0 saturated heterocycles. The fraction of sp³-hybridized carbons (Fsp3) is 0.750. The first kappa shape index (κ1) is 12.9. The summed E-state index contributed by atoms with van der Waals surface area (Å²) in [5.41, 5.74) is 5.37. The molecule has 0 spiro atoms. The standard InChI is InChI=1S/C12H21N5O/c13-12-15-9-17(16-12)8-11(18)14-7-3-6-10-4-1-2-5-10/h9-10H,1-8H2,(H2,13,16)(H,14,18). The van der Waals surface area contributed by atoms with Crippen molar-refractivity contribution < 1.29 is 4.79 Å². The highest BCUT2D eigenvalue weighted by atomic mass is 16.2. The molecule has 1 aromatic heterocycles. The van der Waals surface area contributed by atoms with Gasteiger partial charge in [0.1, 0.15) is 12.9 Å². The Morgan fingerprint density at radius 1 is 1.50 bits per heavy atom. The van der Waals surface area contributed by atoms with Crippen molar-refractivity contribution in [3.63, 3.8) is 0 Å². The number of aromatic nitrogens is 3. The third kappa shape index (κ3) is 4.01. The van der Waals surface area contributed by atoms with Crippen LogP contribution in [0.3, 0.4) is 0 Å². The van der Waals surface area contributed by atoms with Gasteiger partial charge in [0.15, 0.2) is 0 Å². The van der Waals surface area contributed by atoms with Crippen molar-refractivity contribution in [2.75, 3.05) is 12.3 Å². The summed E-state index contributed by atoms with van der Waals surface area (Å²) in [6.07, 6.45) is 9.26. The molecule has 1 aliphatic carbocycles. The summed E-state index contributed by atoms with van der Waals surface area (Å²) in [4.78, 5) is 15.3. The summed E-state index contributed by atoms with van der Waals surface area (Å²) in [6, 6.07) is 0. The number of nitrogens with two attached hydrogens (primary N) is 1. The van der Waals surface area contributed by atoms with Crippen LogP contribution in [0.1, 0.15) is 38.5 Å². The Hall–Kier alpha value is -1.59. The Labute approximate surface area is 107 Å². The van der Waals surface area contributed by atoms with Crippen molar-refractivity contribution in [3.8, 4) is 0 Å². The first-order chi connectivity index (χ1) is 8.74. The van der Waals surface area contributed by atoms with Crippen molar-refractivity contribution in [1.82, 2.24) is 20.1 Å². The van der Waals surface area contributed by atoms with Crippen LogP contribution in [0, 0.1) is 5.92 Å². The largest absolute Gasteiger partial charge is 0.367 e. The van der Waals surface area contributed by atoms with Gasteiger partial charge in [0, 0.05) is 6.54 Å². The van der Waals surface area contributed by atoms with E-state index in [1.54, 1.807) is 0 Å². The normalized spacial score (nSPS) is 16.0. The lowest BCUT2D eigenvalue weighted by Crippen LogP contribution is -2.28. The van der Waals surface area contributed by atoms with Gasteiger partial charge in [-0.15, -0.1) is 5.10 Å². The minimum atomic E-state index is -0.0358. The molecule has 0 radical (unpaired) electrons. The summed E-state index contributed by atoms with van der Waals surface area (Å²) in [5.74, 6) is 1.05. The van der Waals surface area contributed by atoms with E-state index in [-0.39, 0.29) is 18.4 Å². The Balaban J connectivity index is 1.57. The lowest BCUT2D eigenvalue weighted by atomic mass is 10.0. The van der Waals surface area contributed by atoms with Crippen LogP contribution in [-0.4, -0.2) is 27.2 Å². The van der Waals surface area contributed by atoms with E-state index in [9.17, 15) is 4.79 Å². The molecule has 0 unspecified atom stereocenters. The van der Waals surface area contributed by atoms with E-state index in [1.165, 1.54) is 43.1 Å². The van der Waals surface area contributed by atoms with Gasteiger partial charge in [-0.25, -0.2) is 9.67 Å². The van der Waals surface area contributed by atoms with Gasteiger partial charge in [-0.2, -0.15) is 0 Å². The number of anilines is 1. The highest BCUT2D eigenvalue weighted by Crippen LogP contribution is 2.28. The molecule has 100 valence electrons. The second kappa shape index (κ2) is 6.37. The monoisotopic (exact) mass is 251 g/mol. The number of hydrogen-bond donors (Lipinski definition) is 2. The fourth-order valence-corrected chi connectivity index (χ4v) is 2.51. The highest BCUT2D eigenvalue weighted by molar-refractivity contribution is 5.75. The van der Waals surface area contributed by atoms with Crippen molar-refractivity contribution in [2.24, 2.45) is 5.92 Å². The second-order valence-electron chi connectivity index (χ2n) is 4.94. The van der Waals surface area contributed by atoms with E-state index in [1.807, 2.05) is 0 Å². The molecule has 0 atom stereocenters. The molecule has 1 amide bonds. The van der Waals surface area contributed by atoms with Crippen LogP contribution < -0.4 is 11.1 Å². The summed E-state index contributed by atoms with van der Waals surface area (Å²) >= 11 is 0. The van der Waals surface area contributed by atoms with Crippen LogP contribution in [0.2, 0.25) is 0 Å². The van der Waals surface area contributed by atoms with Gasteiger partial charge in [-0.05, 0) is 18.8 Å². The third-order valence-electron chi connectivity index (χ3n) is 3.45. The van der Waals surface area contributed by atoms with Crippen LogP contribution in [-0.2, 0) is 11.3 Å². The van der Waals surface area contributed by atoms with Gasteiger partial charge in [0.05, 0.1) is 0 Å². The molecule has 6 nitrogen and oxygen atoms in total. The minimum Gasteiger partial charge on any atom is -0.367 e. The maximum absolute atomic E-state index is 11.6. The number of rotatable bonds is 6. The van der Waals surface area contributed by atoms with Crippen molar-refractivity contribution in [2.45, 2.75) is 45.1 Å². The summed E-state index contributed by atoms with van der Waals surface area (Å²) < 4.78 is 1.45. The summed E-state index contributed by atoms with van der Waals surface area (Å²) in [5, 5.41) is 6.76. The number of carbonyl (C=O) groups is 1. The number of nitrogens with zero attached hydrogens (tertiary/aromatic N) is 3. The molecule has 0 aliphatic heterocycles. The number of amides is 1. The van der Waals surface area contributed by atoms with E-state index in [0.29, 0.717) is 0 Å². The Morgan fingerprint density at radius 2 is 2.28 bits per heavy atom. The predicted octanol–water partition coefficient (Wildman–Crippen LogP) is 0.947. The quantitative estimate of drug-likeness (QED) is 0.737. The lowest BCUT2D eigenvalue weighted by molar-refractivity contribution is -0.121. The molecule has 6 heteroatoms. The zero-order valence-corrected chi connectivity index (χ0v) is 10.6. The van der Waals surface area contributed by atoms with E-state index in [0.717, 1.165) is 18.9 Å². The van der Waals surface area contributed by atoms with Gasteiger partial charge in [0.2, 0.25) is 11.9 Å². The van der Waals surface area contributed by atoms with Crippen LogP contribution >= 0.6 is 0 Å². The lowest BCUT2D eigenvalue weighted by Gasteiger charge is -2.09. The zero-order chi connectivity index (χ0) is 12.8. The van der Waals surface area contributed by atoms with Crippen molar-refractivity contribution in [1.29, 1.82) is 0 Å². The average molecular weight is 251 g/mol. The molecule has 2 rings (SSSR count). The fourth-order valence-electron chi connectivity index (χ4n) is 2.51. The molecule has 0 aromatic carbocycles. The van der Waals surface area contributed by atoms with Gasteiger partial charge >= 0.3 is 0 Å². The zero-order valence-electron chi connectivity index (χ0n) is 10.6. The number of nitrogen functional groups attached to an aromatic ring is 1. The summed E-state index contributed by atoms with van der Waals surface area (Å²) in [7, 11) is 0. The van der Waals surface area contributed by atoms with Crippen LogP contribution in [0.5, 0.6) is 0 Å². The van der Waals surface area contributed by atoms with Gasteiger partial charge < -0.3 is 11.1 Å². The van der Waals surface area contributed by atoms with Crippen LogP contribution in [0.15, 0.2) is 6.33 Å². The Bertz CT molecular complexity index is 384. The molecular weight excluding hydrogens is 230 g/mol.